The van der Waals surface area contributed by atoms with Crippen LogP contribution in [0.5, 0.6) is 0 Å². The maximum atomic E-state index is 13.4. The molecule has 0 spiro atoms. The molecular formula is C20H31N3O. The molecule has 132 valence electrons. The van der Waals surface area contributed by atoms with Crippen LogP contribution in [0.4, 0.5) is 0 Å². The van der Waals surface area contributed by atoms with E-state index in [0.717, 1.165) is 31.6 Å². The third kappa shape index (κ3) is 2.31. The molecule has 1 saturated heterocycles. The van der Waals surface area contributed by atoms with Crippen LogP contribution < -0.4 is 5.73 Å². The molecular weight excluding hydrogens is 298 g/mol. The fourth-order valence-corrected chi connectivity index (χ4v) is 6.91. The number of hydrogen-bond donors (Lipinski definition) is 1. The molecule has 1 amide bonds. The van der Waals surface area contributed by atoms with E-state index in [4.69, 9.17) is 5.73 Å². The summed E-state index contributed by atoms with van der Waals surface area (Å²) in [4.78, 5) is 15.2. The van der Waals surface area contributed by atoms with Gasteiger partial charge < -0.3 is 10.6 Å². The molecule has 0 aromatic rings. The highest BCUT2D eigenvalue weighted by molar-refractivity contribution is 5.84. The fourth-order valence-electron chi connectivity index (χ4n) is 6.91. The number of carbonyl (C=O) groups is 1. The van der Waals surface area contributed by atoms with Crippen molar-refractivity contribution in [3.63, 3.8) is 0 Å². The number of nitriles is 1. The van der Waals surface area contributed by atoms with E-state index < -0.39 is 6.04 Å². The molecule has 4 rings (SSSR count). The van der Waals surface area contributed by atoms with Crippen LogP contribution in [0.1, 0.15) is 59.3 Å². The molecule has 0 aromatic heterocycles. The molecule has 0 radical (unpaired) electrons. The topological polar surface area (TPSA) is 70.1 Å². The summed E-state index contributed by atoms with van der Waals surface area (Å²) in [6, 6.07) is 1.96. The number of carbonyl (C=O) groups excluding carboxylic acids is 1. The third-order valence-corrected chi connectivity index (χ3v) is 7.67. The van der Waals surface area contributed by atoms with Gasteiger partial charge in [0.15, 0.2) is 0 Å². The first-order valence-electron chi connectivity index (χ1n) is 9.83. The van der Waals surface area contributed by atoms with Gasteiger partial charge in [0.05, 0.1) is 12.1 Å². The largest absolute Gasteiger partial charge is 0.322 e. The molecule has 3 saturated carbocycles. The van der Waals surface area contributed by atoms with Gasteiger partial charge in [-0.1, -0.05) is 20.8 Å². The van der Waals surface area contributed by atoms with E-state index in [9.17, 15) is 10.1 Å². The van der Waals surface area contributed by atoms with E-state index in [1.165, 1.54) is 12.8 Å². The van der Waals surface area contributed by atoms with Crippen LogP contribution in [0.25, 0.3) is 0 Å². The van der Waals surface area contributed by atoms with Crippen LogP contribution in [0.3, 0.4) is 0 Å². The second-order valence-electron chi connectivity index (χ2n) is 9.64. The summed E-state index contributed by atoms with van der Waals surface area (Å²) in [6.07, 6.45) is 6.70. The van der Waals surface area contributed by atoms with Crippen molar-refractivity contribution in [3.8, 4) is 6.07 Å². The van der Waals surface area contributed by atoms with Gasteiger partial charge in [0.1, 0.15) is 6.04 Å². The minimum atomic E-state index is -0.423. The van der Waals surface area contributed by atoms with Crippen LogP contribution in [0.15, 0.2) is 0 Å². The minimum Gasteiger partial charge on any atom is -0.322 e. The Labute approximate surface area is 145 Å². The van der Waals surface area contributed by atoms with Gasteiger partial charge >= 0.3 is 0 Å². The highest BCUT2D eigenvalue weighted by atomic mass is 16.2. The lowest BCUT2D eigenvalue weighted by atomic mass is 9.54. The molecule has 1 heterocycles. The molecule has 4 fully saturated rings. The second-order valence-corrected chi connectivity index (χ2v) is 9.64. The van der Waals surface area contributed by atoms with Crippen molar-refractivity contribution >= 4 is 5.91 Å². The highest BCUT2D eigenvalue weighted by Crippen LogP contribution is 2.57. The van der Waals surface area contributed by atoms with E-state index in [0.29, 0.717) is 23.7 Å². The summed E-state index contributed by atoms with van der Waals surface area (Å²) in [6.45, 7) is 6.84. The number of fused-ring (bicyclic) bond motifs is 3. The molecule has 0 aromatic carbocycles. The zero-order valence-corrected chi connectivity index (χ0v) is 15.2. The number of nitrogens with zero attached hydrogens (tertiary/aromatic N) is 2. The maximum Gasteiger partial charge on any atom is 0.241 e. The first-order chi connectivity index (χ1) is 11.4. The average Bonchev–Trinajstić information content (AvgIpc) is 2.96. The molecule has 1 aliphatic heterocycles. The predicted octanol–water partition coefficient (Wildman–Crippen LogP) is 2.93. The van der Waals surface area contributed by atoms with Crippen molar-refractivity contribution in [1.29, 1.82) is 5.26 Å². The van der Waals surface area contributed by atoms with Crippen molar-refractivity contribution in [1.82, 2.24) is 4.90 Å². The van der Waals surface area contributed by atoms with Gasteiger partial charge in [-0.2, -0.15) is 5.26 Å². The van der Waals surface area contributed by atoms with E-state index in [-0.39, 0.29) is 23.4 Å². The van der Waals surface area contributed by atoms with Crippen molar-refractivity contribution < 1.29 is 4.79 Å². The van der Waals surface area contributed by atoms with Crippen LogP contribution in [0, 0.1) is 46.3 Å². The zero-order valence-electron chi connectivity index (χ0n) is 15.2. The van der Waals surface area contributed by atoms with Gasteiger partial charge in [-0.3, -0.25) is 4.79 Å². The molecule has 4 nitrogen and oxygen atoms in total. The number of likely N-dealkylation sites (tertiary alicyclic amines) is 1. The SMILES string of the molecule is CC1CC2CC(C)CC([C@H](N)C(=O)N3C4C(C)C4C[C@H]3C#N)(C1)C2. The Kier molecular flexibility index (Phi) is 3.73. The lowest BCUT2D eigenvalue weighted by Gasteiger charge is -2.52. The second kappa shape index (κ2) is 5.46. The summed E-state index contributed by atoms with van der Waals surface area (Å²) in [7, 11) is 0. The van der Waals surface area contributed by atoms with Crippen LogP contribution in [0.2, 0.25) is 0 Å². The summed E-state index contributed by atoms with van der Waals surface area (Å²) in [5.74, 6) is 3.20. The van der Waals surface area contributed by atoms with Gasteiger partial charge in [0.2, 0.25) is 5.91 Å². The normalized spacial score (nSPS) is 50.8. The maximum absolute atomic E-state index is 13.4. The summed E-state index contributed by atoms with van der Waals surface area (Å²) in [5, 5.41) is 9.48. The monoisotopic (exact) mass is 329 g/mol. The standard InChI is InChI=1S/C20H31N3O/c1-11-4-14-5-12(2)8-20(7-11,9-14)18(22)19(24)23-15(10-21)6-16-13(3)17(16)23/h11-18H,4-9,22H2,1-3H3/t11?,12?,13?,14?,15-,16?,17?,18+,20?/m0/s1. The Balaban J connectivity index is 1.59. The van der Waals surface area contributed by atoms with Gasteiger partial charge in [0, 0.05) is 6.04 Å². The number of hydrogen-bond acceptors (Lipinski definition) is 3. The number of piperidine rings is 1. The molecule has 2 N–H and O–H groups in total. The molecule has 7 atom stereocenters. The van der Waals surface area contributed by atoms with Crippen molar-refractivity contribution in [2.45, 2.75) is 77.4 Å². The Bertz CT molecular complexity index is 562. The Hall–Kier alpha value is -1.08. The number of nitrogens with two attached hydrogens (primary N) is 1. The predicted molar refractivity (Wildman–Crippen MR) is 92.6 cm³/mol. The molecule has 4 heteroatoms. The first-order valence-corrected chi connectivity index (χ1v) is 9.83. The summed E-state index contributed by atoms with van der Waals surface area (Å²) >= 11 is 0. The Morgan fingerprint density at radius 3 is 2.38 bits per heavy atom. The van der Waals surface area contributed by atoms with E-state index in [2.05, 4.69) is 26.8 Å². The fraction of sp³-hybridized carbons (Fsp3) is 0.900. The first kappa shape index (κ1) is 16.4. The van der Waals surface area contributed by atoms with Gasteiger partial charge in [-0.25, -0.2) is 0 Å². The quantitative estimate of drug-likeness (QED) is 0.847. The summed E-state index contributed by atoms with van der Waals surface area (Å²) in [5.41, 5.74) is 6.65. The molecule has 24 heavy (non-hydrogen) atoms. The van der Waals surface area contributed by atoms with Crippen molar-refractivity contribution in [2.24, 2.45) is 40.7 Å². The zero-order chi connectivity index (χ0) is 17.2. The van der Waals surface area contributed by atoms with Gasteiger partial charge in [-0.15, -0.1) is 0 Å². The Morgan fingerprint density at radius 1 is 1.17 bits per heavy atom. The van der Waals surface area contributed by atoms with E-state index in [1.54, 1.807) is 0 Å². The third-order valence-electron chi connectivity index (χ3n) is 7.67. The highest BCUT2D eigenvalue weighted by Gasteiger charge is 2.62. The van der Waals surface area contributed by atoms with E-state index in [1.807, 2.05) is 4.90 Å². The molecule has 4 aliphatic rings. The van der Waals surface area contributed by atoms with Gasteiger partial charge in [0.25, 0.3) is 0 Å². The molecule has 5 unspecified atom stereocenters. The van der Waals surface area contributed by atoms with Crippen LogP contribution >= 0.6 is 0 Å². The van der Waals surface area contributed by atoms with Crippen LogP contribution in [-0.2, 0) is 4.79 Å². The molecule has 3 aliphatic carbocycles. The minimum absolute atomic E-state index is 0.0344. The average molecular weight is 329 g/mol. The summed E-state index contributed by atoms with van der Waals surface area (Å²) < 4.78 is 0. The Morgan fingerprint density at radius 2 is 1.79 bits per heavy atom. The lowest BCUT2D eigenvalue weighted by molar-refractivity contribution is -0.140. The van der Waals surface area contributed by atoms with Crippen LogP contribution in [-0.4, -0.2) is 28.9 Å². The number of amides is 1. The molecule has 2 bridgehead atoms. The lowest BCUT2D eigenvalue weighted by Crippen LogP contribution is -2.59. The van der Waals surface area contributed by atoms with Crippen molar-refractivity contribution in [3.05, 3.63) is 0 Å². The van der Waals surface area contributed by atoms with Gasteiger partial charge in [-0.05, 0) is 73.5 Å². The van der Waals surface area contributed by atoms with Crippen molar-refractivity contribution in [2.75, 3.05) is 0 Å². The number of rotatable bonds is 2. The van der Waals surface area contributed by atoms with E-state index >= 15 is 0 Å². The smallest absolute Gasteiger partial charge is 0.241 e.